The quantitative estimate of drug-likeness (QED) is 0.197. The molecule has 9 nitrogen and oxygen atoms in total. The minimum absolute atomic E-state index is 0.00945. The Hall–Kier alpha value is -3.28. The number of carbonyl (C=O) groups excluding carboxylic acids is 1. The van der Waals surface area contributed by atoms with Crippen LogP contribution in [-0.4, -0.2) is 68.5 Å². The number of halogens is 3. The molecule has 0 unspecified atom stereocenters. The van der Waals surface area contributed by atoms with E-state index in [2.05, 4.69) is 32.0 Å². The summed E-state index contributed by atoms with van der Waals surface area (Å²) in [6, 6.07) is 25.7. The second-order valence-electron chi connectivity index (χ2n) is 12.1. The second-order valence-corrected chi connectivity index (χ2v) is 14.4. The lowest BCUT2D eigenvalue weighted by molar-refractivity contribution is -0.276. The number of benzene rings is 3. The van der Waals surface area contributed by atoms with Crippen LogP contribution >= 0.6 is 34.8 Å². The number of carbonyl (C=O) groups is 1. The summed E-state index contributed by atoms with van der Waals surface area (Å²) in [4.78, 5) is 25.7. The third-order valence-electron chi connectivity index (χ3n) is 8.98. The number of aromatic nitrogens is 2. The number of hydrogen-bond donors (Lipinski definition) is 2. The molecule has 0 bridgehead atoms. The lowest BCUT2D eigenvalue weighted by Crippen LogP contribution is -2.51. The molecule has 0 radical (unpaired) electrons. The van der Waals surface area contributed by atoms with Crippen LogP contribution in [0.15, 0.2) is 91.3 Å². The zero-order chi connectivity index (χ0) is 33.7. The number of nitrogens with zero attached hydrogens (tertiary/aromatic N) is 4. The molecule has 252 valence electrons. The van der Waals surface area contributed by atoms with Gasteiger partial charge in [0.05, 0.1) is 18.8 Å². The van der Waals surface area contributed by atoms with Crippen molar-refractivity contribution in [2.45, 2.75) is 42.4 Å². The van der Waals surface area contributed by atoms with E-state index in [1.165, 1.54) is 0 Å². The molecule has 0 aliphatic carbocycles. The summed E-state index contributed by atoms with van der Waals surface area (Å²) < 4.78 is 11.4. The van der Waals surface area contributed by atoms with Crippen LogP contribution in [0.1, 0.15) is 41.6 Å². The Labute approximate surface area is 295 Å². The van der Waals surface area contributed by atoms with Gasteiger partial charge >= 0.3 is 0 Å². The van der Waals surface area contributed by atoms with Gasteiger partial charge in [-0.2, -0.15) is 0 Å². The van der Waals surface area contributed by atoms with Crippen LogP contribution in [-0.2, 0) is 27.4 Å². The highest BCUT2D eigenvalue weighted by Crippen LogP contribution is 2.42. The molecule has 0 saturated carbocycles. The minimum atomic E-state index is -2.03. The number of aliphatic hydroxyl groups excluding tert-OH is 1. The highest BCUT2D eigenvalue weighted by Gasteiger charge is 2.39. The van der Waals surface area contributed by atoms with Crippen LogP contribution in [0.5, 0.6) is 0 Å². The maximum Gasteiger partial charge on any atom is 0.272 e. The van der Waals surface area contributed by atoms with E-state index in [9.17, 15) is 9.90 Å². The second kappa shape index (κ2) is 15.5. The van der Waals surface area contributed by atoms with Gasteiger partial charge in [-0.25, -0.2) is 9.97 Å². The van der Waals surface area contributed by atoms with Gasteiger partial charge < -0.3 is 24.8 Å². The summed E-state index contributed by atoms with van der Waals surface area (Å²) in [5.41, 5.74) is 5.61. The van der Waals surface area contributed by atoms with Gasteiger partial charge in [-0.15, -0.1) is 0 Å². The zero-order valence-corrected chi connectivity index (χ0v) is 28.8. The average molecular weight is 711 g/mol. The molecule has 12 heteroatoms. The number of hydrogen-bond acceptors (Lipinski definition) is 8. The zero-order valence-electron chi connectivity index (χ0n) is 26.5. The van der Waals surface area contributed by atoms with Crippen LogP contribution in [0.25, 0.3) is 11.1 Å². The maximum atomic E-state index is 12.2. The van der Waals surface area contributed by atoms with Gasteiger partial charge in [-0.3, -0.25) is 9.69 Å². The normalized spacial score (nSPS) is 22.0. The molecule has 3 heterocycles. The smallest absolute Gasteiger partial charge is 0.272 e. The molecule has 2 saturated heterocycles. The molecule has 4 atom stereocenters. The molecular weight excluding hydrogens is 673 g/mol. The SMILES string of the molecule is C[C@@H]1[C@H](CN2CCN(c3ncccn3)CC2)O[C@H](c2ccc(-c3ccccc3CNC(=O)C(Cl)(Cl)Cl)cc2)O[C@@H]1c1ccc(CO)cc1. The molecule has 1 aromatic heterocycles. The number of nitrogens with one attached hydrogen (secondary N) is 1. The minimum Gasteiger partial charge on any atom is -0.392 e. The number of anilines is 1. The number of piperazine rings is 1. The van der Waals surface area contributed by atoms with Crippen molar-refractivity contribution in [1.82, 2.24) is 20.2 Å². The fourth-order valence-electron chi connectivity index (χ4n) is 6.22. The van der Waals surface area contributed by atoms with E-state index in [-0.39, 0.29) is 31.3 Å². The molecule has 2 N–H and O–H groups in total. The van der Waals surface area contributed by atoms with E-state index < -0.39 is 16.0 Å². The Kier molecular flexibility index (Phi) is 11.2. The van der Waals surface area contributed by atoms with Crippen molar-refractivity contribution in [3.63, 3.8) is 0 Å². The molecule has 3 aromatic carbocycles. The van der Waals surface area contributed by atoms with Gasteiger partial charge in [0, 0.05) is 63.1 Å². The van der Waals surface area contributed by atoms with Crippen molar-refractivity contribution < 1.29 is 19.4 Å². The predicted octanol–water partition coefficient (Wildman–Crippen LogP) is 6.24. The lowest BCUT2D eigenvalue weighted by Gasteiger charge is -2.44. The van der Waals surface area contributed by atoms with Crippen molar-refractivity contribution in [2.75, 3.05) is 37.6 Å². The molecule has 6 rings (SSSR count). The number of aliphatic hydroxyl groups is 1. The molecule has 2 aliphatic rings. The molecule has 1 amide bonds. The van der Waals surface area contributed by atoms with Crippen molar-refractivity contribution >= 4 is 46.7 Å². The van der Waals surface area contributed by atoms with Gasteiger partial charge in [-0.05, 0) is 33.9 Å². The number of ether oxygens (including phenoxy) is 2. The van der Waals surface area contributed by atoms with Crippen LogP contribution in [0.3, 0.4) is 0 Å². The summed E-state index contributed by atoms with van der Waals surface area (Å²) in [6.07, 6.45) is 2.68. The van der Waals surface area contributed by atoms with Crippen LogP contribution in [0.2, 0.25) is 0 Å². The first-order valence-electron chi connectivity index (χ1n) is 16.0. The lowest BCUT2D eigenvalue weighted by atomic mass is 9.89. The maximum absolute atomic E-state index is 12.2. The fraction of sp³-hybridized carbons (Fsp3) is 0.361. The predicted molar refractivity (Wildman–Crippen MR) is 188 cm³/mol. The fourth-order valence-corrected chi connectivity index (χ4v) is 6.42. The Morgan fingerprint density at radius 3 is 2.23 bits per heavy atom. The van der Waals surface area contributed by atoms with E-state index in [1.54, 1.807) is 12.4 Å². The van der Waals surface area contributed by atoms with E-state index in [0.717, 1.165) is 72.1 Å². The van der Waals surface area contributed by atoms with Gasteiger partial charge in [-0.1, -0.05) is 115 Å². The first-order chi connectivity index (χ1) is 23.2. The molecule has 48 heavy (non-hydrogen) atoms. The van der Waals surface area contributed by atoms with Gasteiger partial charge in [0.25, 0.3) is 9.70 Å². The third kappa shape index (κ3) is 8.29. The van der Waals surface area contributed by atoms with E-state index in [1.807, 2.05) is 78.9 Å². The van der Waals surface area contributed by atoms with E-state index >= 15 is 0 Å². The molecular formula is C36H38Cl3N5O4. The Morgan fingerprint density at radius 2 is 1.56 bits per heavy atom. The van der Waals surface area contributed by atoms with Crippen molar-refractivity contribution in [2.24, 2.45) is 5.92 Å². The van der Waals surface area contributed by atoms with Crippen LogP contribution < -0.4 is 10.2 Å². The molecule has 2 aliphatic heterocycles. The largest absolute Gasteiger partial charge is 0.392 e. The topological polar surface area (TPSA) is 100 Å². The van der Waals surface area contributed by atoms with Crippen LogP contribution in [0.4, 0.5) is 5.95 Å². The average Bonchev–Trinajstić information content (AvgIpc) is 3.12. The van der Waals surface area contributed by atoms with Crippen molar-refractivity contribution in [3.05, 3.63) is 114 Å². The highest BCUT2D eigenvalue weighted by atomic mass is 35.6. The highest BCUT2D eigenvalue weighted by molar-refractivity contribution is 6.76. The Bertz CT molecular complexity index is 1650. The standard InChI is InChI=1S/C36H38Cl3N5O4/c1-24-31(22-43-17-19-44(20-18-43)35-40-15-4-16-41-35)47-33(48-32(24)27-9-7-25(23-45)8-10-27)28-13-11-26(12-14-28)30-6-3-2-5-29(30)21-42-34(46)36(37,38)39/h2-16,24,31-33,45H,17-23H2,1H3,(H,42,46)/t24-,31+,32+,33+/m1/s1. The number of alkyl halides is 3. The Balaban J connectivity index is 1.19. The number of amides is 1. The van der Waals surface area contributed by atoms with E-state index in [0.29, 0.717) is 0 Å². The molecule has 4 aromatic rings. The summed E-state index contributed by atoms with van der Waals surface area (Å²) in [7, 11) is 0. The van der Waals surface area contributed by atoms with Gasteiger partial charge in [0.2, 0.25) is 5.95 Å². The first-order valence-corrected chi connectivity index (χ1v) is 17.1. The summed E-state index contributed by atoms with van der Waals surface area (Å²) in [6.45, 7) is 6.59. The number of rotatable bonds is 9. The monoisotopic (exact) mass is 709 g/mol. The Morgan fingerprint density at radius 1 is 0.896 bits per heavy atom. The molecule has 2 fully saturated rings. The summed E-state index contributed by atoms with van der Waals surface area (Å²) >= 11 is 17.2. The van der Waals surface area contributed by atoms with E-state index in [4.69, 9.17) is 44.3 Å². The summed E-state index contributed by atoms with van der Waals surface area (Å²) in [5, 5.41) is 12.3. The van der Waals surface area contributed by atoms with Gasteiger partial charge in [0.15, 0.2) is 6.29 Å². The first kappa shape index (κ1) is 34.6. The molecule has 0 spiro atoms. The van der Waals surface area contributed by atoms with Crippen LogP contribution in [0, 0.1) is 5.92 Å². The van der Waals surface area contributed by atoms with Crippen molar-refractivity contribution in [1.29, 1.82) is 0 Å². The summed E-state index contributed by atoms with van der Waals surface area (Å²) in [5.74, 6) is 0.157. The van der Waals surface area contributed by atoms with Crippen molar-refractivity contribution in [3.8, 4) is 11.1 Å². The third-order valence-corrected chi connectivity index (χ3v) is 9.49. The van der Waals surface area contributed by atoms with Gasteiger partial charge in [0.1, 0.15) is 0 Å².